The fraction of sp³-hybridized carbons (Fsp3) is 0.500. The van der Waals surface area contributed by atoms with Gasteiger partial charge in [-0.25, -0.2) is 4.39 Å². The Kier molecular flexibility index (Phi) is 10.6. The lowest BCUT2D eigenvalue weighted by Crippen LogP contribution is -2.35. The number of hydrogen-bond acceptors (Lipinski definition) is 4. The smallest absolute Gasteiger partial charge is 0.220 e. The zero-order valence-electron chi connectivity index (χ0n) is 12.0. The minimum Gasteiger partial charge on any atom is -0.491 e. The molecule has 3 N–H and O–H groups in total. The van der Waals surface area contributed by atoms with Crippen LogP contribution < -0.4 is 15.4 Å². The van der Waals surface area contributed by atoms with Gasteiger partial charge in [-0.05, 0) is 44.3 Å². The van der Waals surface area contributed by atoms with Gasteiger partial charge in [0.2, 0.25) is 5.91 Å². The molecule has 0 aliphatic rings. The summed E-state index contributed by atoms with van der Waals surface area (Å²) >= 11 is 0. The van der Waals surface area contributed by atoms with Crippen molar-refractivity contribution >= 4 is 18.3 Å². The van der Waals surface area contributed by atoms with Crippen LogP contribution in [0.3, 0.4) is 0 Å². The van der Waals surface area contributed by atoms with E-state index in [1.807, 2.05) is 7.05 Å². The van der Waals surface area contributed by atoms with Crippen LogP contribution in [0.25, 0.3) is 0 Å². The first-order valence-electron chi connectivity index (χ1n) is 6.59. The number of nitrogens with one attached hydrogen (secondary N) is 2. The SMILES string of the molecule is CNCCCC(=O)NCC(O)COc1ccc(F)cc1.Cl. The summed E-state index contributed by atoms with van der Waals surface area (Å²) in [5.74, 6) is 0.0404. The molecule has 1 rings (SSSR count). The highest BCUT2D eigenvalue weighted by atomic mass is 35.5. The molecule has 5 nitrogen and oxygen atoms in total. The number of hydrogen-bond donors (Lipinski definition) is 3. The van der Waals surface area contributed by atoms with E-state index in [0.717, 1.165) is 13.0 Å². The highest BCUT2D eigenvalue weighted by molar-refractivity contribution is 5.85. The Morgan fingerprint density at radius 1 is 1.38 bits per heavy atom. The number of halogens is 2. The first-order valence-corrected chi connectivity index (χ1v) is 6.59. The van der Waals surface area contributed by atoms with Gasteiger partial charge in [0.1, 0.15) is 24.3 Å². The van der Waals surface area contributed by atoms with Gasteiger partial charge in [0.25, 0.3) is 0 Å². The molecular weight excluding hydrogens is 299 g/mol. The zero-order chi connectivity index (χ0) is 14.8. The van der Waals surface area contributed by atoms with Crippen molar-refractivity contribution in [2.45, 2.75) is 18.9 Å². The molecule has 0 saturated carbocycles. The average Bonchev–Trinajstić information content (AvgIpc) is 2.45. The fourth-order valence-corrected chi connectivity index (χ4v) is 1.53. The lowest BCUT2D eigenvalue weighted by molar-refractivity contribution is -0.121. The molecule has 0 radical (unpaired) electrons. The van der Waals surface area contributed by atoms with Crippen LogP contribution in [-0.2, 0) is 4.79 Å². The molecule has 120 valence electrons. The molecule has 0 aliphatic carbocycles. The van der Waals surface area contributed by atoms with Crippen LogP contribution >= 0.6 is 12.4 Å². The van der Waals surface area contributed by atoms with Crippen molar-refractivity contribution < 1.29 is 19.0 Å². The van der Waals surface area contributed by atoms with Gasteiger partial charge in [0.05, 0.1) is 0 Å². The van der Waals surface area contributed by atoms with E-state index in [1.54, 1.807) is 0 Å². The van der Waals surface area contributed by atoms with Gasteiger partial charge >= 0.3 is 0 Å². The number of amides is 1. The van der Waals surface area contributed by atoms with Crippen molar-refractivity contribution in [1.29, 1.82) is 0 Å². The van der Waals surface area contributed by atoms with E-state index in [1.165, 1.54) is 24.3 Å². The molecular formula is C14H22ClFN2O3. The summed E-state index contributed by atoms with van der Waals surface area (Å²) < 4.78 is 17.9. The lowest BCUT2D eigenvalue weighted by atomic mass is 10.3. The van der Waals surface area contributed by atoms with Crippen LogP contribution in [0.5, 0.6) is 5.75 Å². The molecule has 0 aliphatic heterocycles. The molecule has 1 atom stereocenters. The van der Waals surface area contributed by atoms with E-state index in [9.17, 15) is 14.3 Å². The van der Waals surface area contributed by atoms with Crippen molar-refractivity contribution in [3.8, 4) is 5.75 Å². The maximum Gasteiger partial charge on any atom is 0.220 e. The zero-order valence-corrected chi connectivity index (χ0v) is 12.8. The molecule has 21 heavy (non-hydrogen) atoms. The standard InChI is InChI=1S/C14H21FN2O3.ClH/c1-16-8-2-3-14(19)17-9-12(18)10-20-13-6-4-11(15)5-7-13;/h4-7,12,16,18H,2-3,8-10H2,1H3,(H,17,19);1H. The first-order chi connectivity index (χ1) is 9.61. The van der Waals surface area contributed by atoms with Crippen molar-refractivity contribution in [3.05, 3.63) is 30.1 Å². The first kappa shape index (κ1) is 19.6. The third-order valence-corrected chi connectivity index (χ3v) is 2.62. The Morgan fingerprint density at radius 3 is 2.67 bits per heavy atom. The van der Waals surface area contributed by atoms with Crippen LogP contribution in [-0.4, -0.2) is 43.9 Å². The molecule has 1 amide bonds. The van der Waals surface area contributed by atoms with Crippen molar-refractivity contribution in [1.82, 2.24) is 10.6 Å². The number of ether oxygens (including phenoxy) is 1. The monoisotopic (exact) mass is 320 g/mol. The lowest BCUT2D eigenvalue weighted by Gasteiger charge is -2.13. The fourth-order valence-electron chi connectivity index (χ4n) is 1.53. The molecule has 0 fully saturated rings. The molecule has 0 spiro atoms. The normalized spacial score (nSPS) is 11.4. The summed E-state index contributed by atoms with van der Waals surface area (Å²) in [6.07, 6.45) is 0.380. The van der Waals surface area contributed by atoms with Crippen LogP contribution in [0.2, 0.25) is 0 Å². The van der Waals surface area contributed by atoms with E-state index in [0.29, 0.717) is 12.2 Å². The minimum absolute atomic E-state index is 0. The van der Waals surface area contributed by atoms with Crippen molar-refractivity contribution in [2.75, 3.05) is 26.7 Å². The molecule has 0 bridgehead atoms. The van der Waals surface area contributed by atoms with Crippen LogP contribution in [0.1, 0.15) is 12.8 Å². The predicted octanol–water partition coefficient (Wildman–Crippen LogP) is 1.10. The van der Waals surface area contributed by atoms with E-state index in [4.69, 9.17) is 4.74 Å². The maximum absolute atomic E-state index is 12.7. The van der Waals surface area contributed by atoms with Gasteiger partial charge in [0, 0.05) is 13.0 Å². The van der Waals surface area contributed by atoms with Gasteiger partial charge in [-0.3, -0.25) is 4.79 Å². The summed E-state index contributed by atoms with van der Waals surface area (Å²) in [7, 11) is 1.83. The summed E-state index contributed by atoms with van der Waals surface area (Å²) in [6.45, 7) is 0.964. The second kappa shape index (κ2) is 11.3. The molecule has 1 aromatic carbocycles. The average molecular weight is 321 g/mol. The molecule has 0 saturated heterocycles. The quantitative estimate of drug-likeness (QED) is 0.596. The number of rotatable bonds is 9. The largest absolute Gasteiger partial charge is 0.491 e. The van der Waals surface area contributed by atoms with Gasteiger partial charge in [-0.1, -0.05) is 0 Å². The van der Waals surface area contributed by atoms with E-state index < -0.39 is 6.10 Å². The van der Waals surface area contributed by atoms with Crippen LogP contribution in [0, 0.1) is 5.82 Å². The maximum atomic E-state index is 12.7. The van der Waals surface area contributed by atoms with Crippen LogP contribution in [0.4, 0.5) is 4.39 Å². The summed E-state index contributed by atoms with van der Waals surface area (Å²) in [5.41, 5.74) is 0. The van der Waals surface area contributed by atoms with Crippen molar-refractivity contribution in [2.24, 2.45) is 0 Å². The Balaban J connectivity index is 0.00000400. The molecule has 7 heteroatoms. The third-order valence-electron chi connectivity index (χ3n) is 2.62. The second-order valence-corrected chi connectivity index (χ2v) is 4.43. The number of carbonyl (C=O) groups is 1. The minimum atomic E-state index is -0.798. The summed E-state index contributed by atoms with van der Waals surface area (Å²) in [5, 5.41) is 15.2. The predicted molar refractivity (Wildman–Crippen MR) is 81.3 cm³/mol. The number of aliphatic hydroxyl groups is 1. The Hall–Kier alpha value is -1.37. The van der Waals surface area contributed by atoms with Gasteiger partial charge in [0.15, 0.2) is 0 Å². The Labute approximate surface area is 130 Å². The van der Waals surface area contributed by atoms with E-state index in [2.05, 4.69) is 10.6 Å². The van der Waals surface area contributed by atoms with Gasteiger partial charge in [-0.2, -0.15) is 0 Å². The van der Waals surface area contributed by atoms with Crippen LogP contribution in [0.15, 0.2) is 24.3 Å². The Morgan fingerprint density at radius 2 is 2.05 bits per heavy atom. The van der Waals surface area contributed by atoms with E-state index >= 15 is 0 Å². The summed E-state index contributed by atoms with van der Waals surface area (Å²) in [6, 6.07) is 5.53. The third kappa shape index (κ3) is 9.23. The molecule has 1 unspecified atom stereocenters. The second-order valence-electron chi connectivity index (χ2n) is 4.43. The number of aliphatic hydroxyl groups excluding tert-OH is 1. The summed E-state index contributed by atoms with van der Waals surface area (Å²) in [4.78, 5) is 11.4. The highest BCUT2D eigenvalue weighted by Crippen LogP contribution is 2.11. The van der Waals surface area contributed by atoms with E-state index in [-0.39, 0.29) is 37.3 Å². The number of benzene rings is 1. The van der Waals surface area contributed by atoms with Gasteiger partial charge in [-0.15, -0.1) is 12.4 Å². The molecule has 0 aromatic heterocycles. The highest BCUT2D eigenvalue weighted by Gasteiger charge is 2.08. The molecule has 0 heterocycles. The Bertz CT molecular complexity index is 404. The van der Waals surface area contributed by atoms with Crippen molar-refractivity contribution in [3.63, 3.8) is 0 Å². The topological polar surface area (TPSA) is 70.6 Å². The molecule has 1 aromatic rings. The van der Waals surface area contributed by atoms with Gasteiger partial charge < -0.3 is 20.5 Å². The number of carbonyl (C=O) groups excluding carboxylic acids is 1.